The van der Waals surface area contributed by atoms with Crippen molar-refractivity contribution in [1.29, 1.82) is 0 Å². The minimum atomic E-state index is -0.437. The van der Waals surface area contributed by atoms with Crippen LogP contribution in [0.2, 0.25) is 0 Å². The van der Waals surface area contributed by atoms with Gasteiger partial charge in [-0.15, -0.1) is 0 Å². The third-order valence-corrected chi connectivity index (χ3v) is 3.67. The largest absolute Gasteiger partial charge is 0.366 e. The number of fused-ring (bicyclic) bond motifs is 1. The van der Waals surface area contributed by atoms with Crippen LogP contribution in [0.1, 0.15) is 36.7 Å². The Morgan fingerprint density at radius 2 is 2.08 bits per heavy atom. The van der Waals surface area contributed by atoms with E-state index in [1.54, 1.807) is 18.3 Å². The molecule has 0 radical (unpaired) electrons. The van der Waals surface area contributed by atoms with E-state index in [1.807, 2.05) is 16.8 Å². The van der Waals surface area contributed by atoms with Gasteiger partial charge < -0.3 is 11.1 Å². The number of nitrogens with one attached hydrogen (secondary N) is 1. The summed E-state index contributed by atoms with van der Waals surface area (Å²) in [4.78, 5) is 19.9. The quantitative estimate of drug-likeness (QED) is 0.767. The molecule has 0 aliphatic carbocycles. The molecule has 0 unspecified atom stereocenters. The number of aromatic nitrogens is 4. The van der Waals surface area contributed by atoms with Gasteiger partial charge in [-0.25, -0.2) is 14.6 Å². The van der Waals surface area contributed by atoms with Gasteiger partial charge in [-0.3, -0.25) is 4.79 Å². The van der Waals surface area contributed by atoms with E-state index >= 15 is 0 Å². The Labute approximate surface area is 139 Å². The second kappa shape index (κ2) is 5.92. The molecule has 2 aromatic heterocycles. The lowest BCUT2D eigenvalue weighted by Crippen LogP contribution is -2.23. The van der Waals surface area contributed by atoms with Crippen molar-refractivity contribution in [3.05, 3.63) is 47.9 Å². The molecule has 3 aromatic rings. The van der Waals surface area contributed by atoms with Crippen molar-refractivity contribution < 1.29 is 4.79 Å². The molecule has 1 aromatic carbocycles. The summed E-state index contributed by atoms with van der Waals surface area (Å²) in [6.45, 7) is 6.74. The van der Waals surface area contributed by atoms with E-state index in [0.29, 0.717) is 17.9 Å². The summed E-state index contributed by atoms with van der Waals surface area (Å²) in [5.74, 6) is 0.271. The number of amides is 1. The Bertz CT molecular complexity index is 893. The van der Waals surface area contributed by atoms with Crippen LogP contribution in [0.5, 0.6) is 0 Å². The smallest absolute Gasteiger partial charge is 0.248 e. The molecule has 0 spiro atoms. The number of benzene rings is 1. The number of nitrogens with two attached hydrogens (primary N) is 1. The fraction of sp³-hybridized carbons (Fsp3) is 0.294. The number of primary amides is 1. The lowest BCUT2D eigenvalue weighted by Gasteiger charge is -2.19. The first-order valence-corrected chi connectivity index (χ1v) is 7.68. The SMILES string of the molecule is CC(C)(C)n1ncc2c(NCc3cccc(C(N)=O)c3)ncnc21. The minimum Gasteiger partial charge on any atom is -0.366 e. The molecule has 0 atom stereocenters. The number of hydrogen-bond acceptors (Lipinski definition) is 5. The van der Waals surface area contributed by atoms with Gasteiger partial charge in [0.2, 0.25) is 5.91 Å². The molecule has 0 aliphatic rings. The van der Waals surface area contributed by atoms with Crippen molar-refractivity contribution in [3.8, 4) is 0 Å². The molecule has 3 rings (SSSR count). The Balaban J connectivity index is 1.87. The molecular weight excluding hydrogens is 304 g/mol. The lowest BCUT2D eigenvalue weighted by molar-refractivity contribution is 0.1000. The molecule has 1 amide bonds. The maximum Gasteiger partial charge on any atom is 0.248 e. The van der Waals surface area contributed by atoms with Gasteiger partial charge in [0.25, 0.3) is 0 Å². The number of anilines is 1. The average molecular weight is 324 g/mol. The molecule has 3 N–H and O–H groups in total. The summed E-state index contributed by atoms with van der Waals surface area (Å²) < 4.78 is 1.88. The predicted molar refractivity (Wildman–Crippen MR) is 92.6 cm³/mol. The van der Waals surface area contributed by atoms with Gasteiger partial charge >= 0.3 is 0 Å². The van der Waals surface area contributed by atoms with Crippen LogP contribution in [-0.2, 0) is 12.1 Å². The van der Waals surface area contributed by atoms with Crippen LogP contribution in [0.3, 0.4) is 0 Å². The zero-order chi connectivity index (χ0) is 17.3. The van der Waals surface area contributed by atoms with Gasteiger partial charge in [0.15, 0.2) is 5.65 Å². The van der Waals surface area contributed by atoms with Crippen LogP contribution in [-0.4, -0.2) is 25.7 Å². The van der Waals surface area contributed by atoms with E-state index in [9.17, 15) is 4.79 Å². The molecule has 0 saturated heterocycles. The Morgan fingerprint density at radius 1 is 1.29 bits per heavy atom. The summed E-state index contributed by atoms with van der Waals surface area (Å²) >= 11 is 0. The van der Waals surface area contributed by atoms with Crippen molar-refractivity contribution in [2.75, 3.05) is 5.32 Å². The minimum absolute atomic E-state index is 0.163. The number of carbonyl (C=O) groups excluding carboxylic acids is 1. The number of hydrogen-bond donors (Lipinski definition) is 2. The van der Waals surface area contributed by atoms with Crippen LogP contribution in [0.25, 0.3) is 11.0 Å². The van der Waals surface area contributed by atoms with E-state index in [0.717, 1.165) is 16.6 Å². The highest BCUT2D eigenvalue weighted by Crippen LogP contribution is 2.24. The Morgan fingerprint density at radius 3 is 2.79 bits per heavy atom. The highest BCUT2D eigenvalue weighted by Gasteiger charge is 2.19. The molecular formula is C17H20N6O. The molecule has 7 nitrogen and oxygen atoms in total. The van der Waals surface area contributed by atoms with Crippen molar-refractivity contribution in [1.82, 2.24) is 19.7 Å². The van der Waals surface area contributed by atoms with Crippen LogP contribution in [0, 0.1) is 0 Å². The fourth-order valence-electron chi connectivity index (χ4n) is 2.50. The number of nitrogens with zero attached hydrogens (tertiary/aromatic N) is 4. The van der Waals surface area contributed by atoms with Gasteiger partial charge in [-0.2, -0.15) is 5.10 Å². The van der Waals surface area contributed by atoms with Crippen LogP contribution in [0.4, 0.5) is 5.82 Å². The number of carbonyl (C=O) groups is 1. The van der Waals surface area contributed by atoms with Gasteiger partial charge in [-0.05, 0) is 38.5 Å². The van der Waals surface area contributed by atoms with Crippen molar-refractivity contribution >= 4 is 22.8 Å². The summed E-state index contributed by atoms with van der Waals surface area (Å²) in [5, 5.41) is 8.57. The van der Waals surface area contributed by atoms with Crippen molar-refractivity contribution in [2.24, 2.45) is 5.73 Å². The highest BCUT2D eigenvalue weighted by molar-refractivity contribution is 5.93. The normalized spacial score (nSPS) is 11.6. The second-order valence-corrected chi connectivity index (χ2v) is 6.60. The standard InChI is InChI=1S/C17H20N6O/c1-17(2,3)23-16-13(9-22-23)15(20-10-21-16)19-8-11-5-4-6-12(7-11)14(18)24/h4-7,9-10H,8H2,1-3H3,(H2,18,24)(H,19,20,21). The van der Waals surface area contributed by atoms with Gasteiger partial charge in [0.1, 0.15) is 12.1 Å². The van der Waals surface area contributed by atoms with E-state index in [-0.39, 0.29) is 5.54 Å². The molecule has 0 aliphatic heterocycles. The molecule has 0 bridgehead atoms. The van der Waals surface area contributed by atoms with E-state index in [1.165, 1.54) is 6.33 Å². The third-order valence-electron chi connectivity index (χ3n) is 3.67. The summed E-state index contributed by atoms with van der Waals surface area (Å²) in [6, 6.07) is 7.20. The average Bonchev–Trinajstić information content (AvgIpc) is 2.98. The molecule has 2 heterocycles. The fourth-order valence-corrected chi connectivity index (χ4v) is 2.50. The summed E-state index contributed by atoms with van der Waals surface area (Å²) in [7, 11) is 0. The maximum atomic E-state index is 11.3. The zero-order valence-electron chi connectivity index (χ0n) is 13.9. The highest BCUT2D eigenvalue weighted by atomic mass is 16.1. The summed E-state index contributed by atoms with van der Waals surface area (Å²) in [5.41, 5.74) is 7.37. The Kier molecular flexibility index (Phi) is 3.92. The van der Waals surface area contributed by atoms with E-state index < -0.39 is 5.91 Å². The third kappa shape index (κ3) is 3.05. The first kappa shape index (κ1) is 15.9. The van der Waals surface area contributed by atoms with E-state index in [2.05, 4.69) is 41.2 Å². The summed E-state index contributed by atoms with van der Waals surface area (Å²) in [6.07, 6.45) is 3.29. The van der Waals surface area contributed by atoms with Gasteiger partial charge in [0.05, 0.1) is 17.1 Å². The zero-order valence-corrected chi connectivity index (χ0v) is 13.9. The molecule has 7 heteroatoms. The van der Waals surface area contributed by atoms with Gasteiger partial charge in [0, 0.05) is 12.1 Å². The predicted octanol–water partition coefficient (Wildman–Crippen LogP) is 2.29. The number of rotatable bonds is 4. The molecule has 0 saturated carbocycles. The second-order valence-electron chi connectivity index (χ2n) is 6.60. The van der Waals surface area contributed by atoms with E-state index in [4.69, 9.17) is 5.73 Å². The first-order chi connectivity index (χ1) is 11.4. The van der Waals surface area contributed by atoms with Crippen LogP contribution < -0.4 is 11.1 Å². The van der Waals surface area contributed by atoms with Crippen molar-refractivity contribution in [3.63, 3.8) is 0 Å². The first-order valence-electron chi connectivity index (χ1n) is 7.68. The molecule has 0 fully saturated rings. The van der Waals surface area contributed by atoms with Crippen LogP contribution >= 0.6 is 0 Å². The lowest BCUT2D eigenvalue weighted by atomic mass is 10.1. The van der Waals surface area contributed by atoms with Gasteiger partial charge in [-0.1, -0.05) is 12.1 Å². The maximum absolute atomic E-state index is 11.3. The van der Waals surface area contributed by atoms with Crippen molar-refractivity contribution in [2.45, 2.75) is 32.9 Å². The topological polar surface area (TPSA) is 98.7 Å². The monoisotopic (exact) mass is 324 g/mol. The Hall–Kier alpha value is -2.96. The molecule has 24 heavy (non-hydrogen) atoms. The van der Waals surface area contributed by atoms with Crippen LogP contribution in [0.15, 0.2) is 36.8 Å². The molecule has 124 valence electrons.